The molecule has 0 spiro atoms. The van der Waals surface area contributed by atoms with Gasteiger partial charge in [-0.2, -0.15) is 0 Å². The second kappa shape index (κ2) is 4.67. The van der Waals surface area contributed by atoms with E-state index in [9.17, 15) is 14.3 Å². The second-order valence-corrected chi connectivity index (χ2v) is 5.15. The van der Waals surface area contributed by atoms with Gasteiger partial charge in [-0.05, 0) is 19.0 Å². The summed E-state index contributed by atoms with van der Waals surface area (Å²) < 4.78 is 12.1. The first-order chi connectivity index (χ1) is 7.70. The van der Waals surface area contributed by atoms with E-state index in [0.717, 1.165) is 13.0 Å². The molecule has 16 heavy (non-hydrogen) atoms. The molecule has 1 N–H and O–H groups in total. The van der Waals surface area contributed by atoms with Crippen LogP contribution in [0.5, 0.6) is 0 Å². The van der Waals surface area contributed by atoms with Crippen LogP contribution in [-0.2, 0) is 10.8 Å². The predicted molar refractivity (Wildman–Crippen MR) is 58.6 cm³/mol. The van der Waals surface area contributed by atoms with Crippen molar-refractivity contribution in [2.75, 3.05) is 13.1 Å². The molecular formula is C9H11N3O3S. The van der Waals surface area contributed by atoms with Crippen molar-refractivity contribution < 1.29 is 9.13 Å². The molecule has 0 unspecified atom stereocenters. The zero-order valence-electron chi connectivity index (χ0n) is 8.46. The van der Waals surface area contributed by atoms with Gasteiger partial charge in [0.2, 0.25) is 5.03 Å². The Morgan fingerprint density at radius 2 is 2.44 bits per heavy atom. The number of rotatable bonds is 3. The number of pyridine rings is 1. The van der Waals surface area contributed by atoms with Gasteiger partial charge in [-0.15, -0.1) is 0 Å². The minimum atomic E-state index is -1.41. The standard InChI is InChI=1S/C9H11N3O3S/c13-12(14)8-2-1-4-11-9(8)16(15)7-3-5-10-6-7/h1-2,4,7,10H,3,5-6H2/t7-,16+/m0/s1. The van der Waals surface area contributed by atoms with Gasteiger partial charge in [-0.25, -0.2) is 4.98 Å². The first-order valence-electron chi connectivity index (χ1n) is 4.91. The van der Waals surface area contributed by atoms with E-state index >= 15 is 0 Å². The van der Waals surface area contributed by atoms with E-state index in [1.165, 1.54) is 18.3 Å². The summed E-state index contributed by atoms with van der Waals surface area (Å²) in [5.74, 6) is 0. The number of nitro groups is 1. The minimum absolute atomic E-state index is 0.0754. The lowest BCUT2D eigenvalue weighted by Crippen LogP contribution is -2.20. The second-order valence-electron chi connectivity index (χ2n) is 3.50. The molecule has 6 nitrogen and oxygen atoms in total. The Kier molecular flexibility index (Phi) is 3.25. The Balaban J connectivity index is 2.32. The monoisotopic (exact) mass is 241 g/mol. The number of hydrogen-bond acceptors (Lipinski definition) is 5. The summed E-state index contributed by atoms with van der Waals surface area (Å²) in [5, 5.41) is 13.8. The Morgan fingerprint density at radius 3 is 3.06 bits per heavy atom. The molecule has 0 bridgehead atoms. The molecule has 2 heterocycles. The van der Waals surface area contributed by atoms with Crippen LogP contribution in [0.25, 0.3) is 0 Å². The van der Waals surface area contributed by atoms with Gasteiger partial charge in [0.15, 0.2) is 0 Å². The van der Waals surface area contributed by atoms with E-state index in [-0.39, 0.29) is 16.0 Å². The highest BCUT2D eigenvalue weighted by Gasteiger charge is 2.28. The topological polar surface area (TPSA) is 85.1 Å². The molecule has 0 saturated carbocycles. The molecule has 2 atom stereocenters. The average molecular weight is 241 g/mol. The van der Waals surface area contributed by atoms with Gasteiger partial charge in [0.25, 0.3) is 0 Å². The van der Waals surface area contributed by atoms with Gasteiger partial charge in [0, 0.05) is 18.8 Å². The minimum Gasteiger partial charge on any atom is -0.315 e. The number of hydrogen-bond donors (Lipinski definition) is 1. The largest absolute Gasteiger partial charge is 0.315 e. The van der Waals surface area contributed by atoms with E-state index in [2.05, 4.69) is 10.3 Å². The van der Waals surface area contributed by atoms with Crippen LogP contribution < -0.4 is 5.32 Å². The van der Waals surface area contributed by atoms with Crippen LogP contribution in [0.1, 0.15) is 6.42 Å². The van der Waals surface area contributed by atoms with Gasteiger partial charge in [-0.3, -0.25) is 14.3 Å². The van der Waals surface area contributed by atoms with E-state index in [0.29, 0.717) is 6.54 Å². The zero-order valence-corrected chi connectivity index (χ0v) is 9.27. The molecule has 86 valence electrons. The zero-order chi connectivity index (χ0) is 11.5. The molecule has 1 aromatic heterocycles. The van der Waals surface area contributed by atoms with Crippen molar-refractivity contribution in [2.24, 2.45) is 0 Å². The van der Waals surface area contributed by atoms with E-state index in [1.807, 2.05) is 0 Å². The molecule has 1 aliphatic heterocycles. The number of nitrogens with zero attached hydrogens (tertiary/aromatic N) is 2. The summed E-state index contributed by atoms with van der Waals surface area (Å²) in [7, 11) is -1.41. The maximum atomic E-state index is 12.1. The Labute approximate surface area is 94.7 Å². The molecule has 0 radical (unpaired) electrons. The fourth-order valence-electron chi connectivity index (χ4n) is 1.65. The SMILES string of the molecule is O=[N+]([O-])c1cccnc1[S@](=O)[C@H]1CCNC1. The highest BCUT2D eigenvalue weighted by atomic mass is 32.2. The van der Waals surface area contributed by atoms with Gasteiger partial charge in [0.05, 0.1) is 21.0 Å². The Hall–Kier alpha value is -1.34. The Bertz CT molecular complexity index is 432. The van der Waals surface area contributed by atoms with E-state index in [4.69, 9.17) is 0 Å². The molecule has 1 saturated heterocycles. The molecule has 7 heteroatoms. The predicted octanol–water partition coefficient (Wildman–Crippen LogP) is 0.459. The maximum absolute atomic E-state index is 12.1. The van der Waals surface area contributed by atoms with Crippen LogP contribution in [0.3, 0.4) is 0 Å². The highest BCUT2D eigenvalue weighted by molar-refractivity contribution is 7.85. The lowest BCUT2D eigenvalue weighted by molar-refractivity contribution is -0.388. The third kappa shape index (κ3) is 2.10. The van der Waals surface area contributed by atoms with E-state index in [1.54, 1.807) is 0 Å². The summed E-state index contributed by atoms with van der Waals surface area (Å²) in [6, 6.07) is 2.81. The molecule has 1 aromatic rings. The Morgan fingerprint density at radius 1 is 1.62 bits per heavy atom. The fraction of sp³-hybridized carbons (Fsp3) is 0.444. The van der Waals surface area contributed by atoms with Gasteiger partial charge in [0.1, 0.15) is 0 Å². The lowest BCUT2D eigenvalue weighted by Gasteiger charge is -2.07. The van der Waals surface area contributed by atoms with Crippen molar-refractivity contribution in [1.29, 1.82) is 0 Å². The lowest BCUT2D eigenvalue weighted by atomic mass is 10.4. The molecule has 1 aliphatic rings. The summed E-state index contributed by atoms with van der Waals surface area (Å²) in [6.45, 7) is 1.43. The molecule has 1 fully saturated rings. The molecule has 0 amide bonds. The van der Waals surface area contributed by atoms with Crippen LogP contribution in [0.15, 0.2) is 23.4 Å². The highest BCUT2D eigenvalue weighted by Crippen LogP contribution is 2.23. The first kappa shape index (κ1) is 11.2. The maximum Gasteiger partial charge on any atom is 0.303 e. The van der Waals surface area contributed by atoms with Crippen molar-refractivity contribution in [2.45, 2.75) is 16.7 Å². The number of aromatic nitrogens is 1. The van der Waals surface area contributed by atoms with Gasteiger partial charge < -0.3 is 5.32 Å². The number of nitrogens with one attached hydrogen (secondary N) is 1. The van der Waals surface area contributed by atoms with Gasteiger partial charge >= 0.3 is 5.69 Å². The smallest absolute Gasteiger partial charge is 0.303 e. The van der Waals surface area contributed by atoms with Crippen molar-refractivity contribution >= 4 is 16.5 Å². The normalized spacial score (nSPS) is 21.9. The summed E-state index contributed by atoms with van der Waals surface area (Å²) in [4.78, 5) is 14.1. The molecule has 0 aliphatic carbocycles. The van der Waals surface area contributed by atoms with Crippen LogP contribution >= 0.6 is 0 Å². The third-order valence-electron chi connectivity index (χ3n) is 2.46. The summed E-state index contributed by atoms with van der Waals surface area (Å²) in [6.07, 6.45) is 2.20. The summed E-state index contributed by atoms with van der Waals surface area (Å²) >= 11 is 0. The fourth-order valence-corrected chi connectivity index (χ4v) is 3.08. The average Bonchev–Trinajstić information content (AvgIpc) is 2.81. The third-order valence-corrected chi connectivity index (χ3v) is 4.16. The van der Waals surface area contributed by atoms with Crippen molar-refractivity contribution in [3.63, 3.8) is 0 Å². The molecule has 2 rings (SSSR count). The quantitative estimate of drug-likeness (QED) is 0.613. The molecule has 0 aromatic carbocycles. The molecular weight excluding hydrogens is 230 g/mol. The van der Waals surface area contributed by atoms with Gasteiger partial charge in [-0.1, -0.05) is 0 Å². The van der Waals surface area contributed by atoms with Crippen LogP contribution in [0, 0.1) is 10.1 Å². The first-order valence-corrected chi connectivity index (χ1v) is 6.12. The summed E-state index contributed by atoms with van der Waals surface area (Å²) in [5.41, 5.74) is -0.160. The van der Waals surface area contributed by atoms with Crippen LogP contribution in [0.2, 0.25) is 0 Å². The van der Waals surface area contributed by atoms with Crippen molar-refractivity contribution in [1.82, 2.24) is 10.3 Å². The van der Waals surface area contributed by atoms with Crippen molar-refractivity contribution in [3.05, 3.63) is 28.4 Å². The van der Waals surface area contributed by atoms with Crippen LogP contribution in [0.4, 0.5) is 5.69 Å². The van der Waals surface area contributed by atoms with Crippen LogP contribution in [-0.4, -0.2) is 32.5 Å². The van der Waals surface area contributed by atoms with Crippen molar-refractivity contribution in [3.8, 4) is 0 Å². The van der Waals surface area contributed by atoms with E-state index < -0.39 is 15.7 Å².